The summed E-state index contributed by atoms with van der Waals surface area (Å²) in [5, 5.41) is 6.88. The van der Waals surface area contributed by atoms with E-state index >= 15 is 0 Å². The van der Waals surface area contributed by atoms with E-state index in [4.69, 9.17) is 39.2 Å². The van der Waals surface area contributed by atoms with E-state index in [1.807, 2.05) is 42.5 Å². The average molecular weight is 410 g/mol. The lowest BCUT2D eigenvalue weighted by Crippen LogP contribution is -2.31. The Morgan fingerprint density at radius 3 is 2.38 bits per heavy atom. The second-order valence-corrected chi connectivity index (χ2v) is 6.76. The number of carbonyl (C=O) groups excluding carboxylic acids is 1. The first kappa shape index (κ1) is 18.8. The molecule has 26 heavy (non-hydrogen) atoms. The van der Waals surface area contributed by atoms with Gasteiger partial charge >= 0.3 is 0 Å². The maximum Gasteiger partial charge on any atom is 0.238 e. The van der Waals surface area contributed by atoms with Gasteiger partial charge in [-0.2, -0.15) is 0 Å². The van der Waals surface area contributed by atoms with Crippen molar-refractivity contribution in [3.63, 3.8) is 0 Å². The Bertz CT molecular complexity index is 883. The molecule has 0 saturated carbocycles. The van der Waals surface area contributed by atoms with E-state index in [0.29, 0.717) is 20.8 Å². The number of carbonyl (C=O) groups is 1. The number of anilines is 1. The third-order valence-corrected chi connectivity index (χ3v) is 4.75. The normalized spacial score (nSPS) is 12.0. The lowest BCUT2D eigenvalue weighted by atomic mass is 10.0. The van der Waals surface area contributed by atoms with Crippen LogP contribution >= 0.6 is 34.8 Å². The molecule has 0 saturated heterocycles. The monoisotopic (exact) mass is 408 g/mol. The van der Waals surface area contributed by atoms with Crippen LogP contribution in [-0.4, -0.2) is 12.5 Å². The standard InChI is InChI=1S/C19H15Cl3N2O2/c20-13-9-15(22)16(10-14(13)21)24-18(25)11-23-19(17-7-4-8-26-17)12-5-2-1-3-6-12/h1-10,19,23H,11H2,(H,24,25)/t19-/m0/s1. The van der Waals surface area contributed by atoms with Crippen LogP contribution in [0.3, 0.4) is 0 Å². The van der Waals surface area contributed by atoms with E-state index in [1.54, 1.807) is 6.26 Å². The van der Waals surface area contributed by atoms with Crippen LogP contribution in [0.2, 0.25) is 15.1 Å². The summed E-state index contributed by atoms with van der Waals surface area (Å²) in [7, 11) is 0. The molecule has 0 spiro atoms. The van der Waals surface area contributed by atoms with Crippen LogP contribution in [0.5, 0.6) is 0 Å². The van der Waals surface area contributed by atoms with E-state index in [0.717, 1.165) is 11.3 Å². The van der Waals surface area contributed by atoms with Crippen LogP contribution in [0, 0.1) is 0 Å². The number of rotatable bonds is 6. The molecule has 0 bridgehead atoms. The third kappa shape index (κ3) is 4.59. The van der Waals surface area contributed by atoms with Crippen LogP contribution in [0.4, 0.5) is 5.69 Å². The zero-order valence-electron chi connectivity index (χ0n) is 13.5. The molecule has 1 atom stereocenters. The quantitative estimate of drug-likeness (QED) is 0.524. The first-order valence-corrected chi connectivity index (χ1v) is 8.94. The van der Waals surface area contributed by atoms with Crippen LogP contribution in [0.15, 0.2) is 65.3 Å². The first-order valence-electron chi connectivity index (χ1n) is 7.80. The highest BCUT2D eigenvalue weighted by Crippen LogP contribution is 2.32. The fraction of sp³-hybridized carbons (Fsp3) is 0.105. The van der Waals surface area contributed by atoms with E-state index in [9.17, 15) is 4.79 Å². The smallest absolute Gasteiger partial charge is 0.238 e. The molecule has 4 nitrogen and oxygen atoms in total. The molecule has 0 aliphatic rings. The van der Waals surface area contributed by atoms with Crippen LogP contribution in [0.1, 0.15) is 17.4 Å². The average Bonchev–Trinajstić information content (AvgIpc) is 3.15. The summed E-state index contributed by atoms with van der Waals surface area (Å²) in [6.07, 6.45) is 1.60. The van der Waals surface area contributed by atoms with E-state index in [1.165, 1.54) is 12.1 Å². The van der Waals surface area contributed by atoms with Crippen molar-refractivity contribution in [2.45, 2.75) is 6.04 Å². The van der Waals surface area contributed by atoms with Gasteiger partial charge in [0.1, 0.15) is 5.76 Å². The predicted octanol–water partition coefficient (Wildman–Crippen LogP) is 5.56. The molecule has 7 heteroatoms. The number of furan rings is 1. The maximum atomic E-state index is 12.3. The van der Waals surface area contributed by atoms with Gasteiger partial charge in [-0.3, -0.25) is 10.1 Å². The molecule has 3 rings (SSSR count). The summed E-state index contributed by atoms with van der Waals surface area (Å²) in [5.74, 6) is 0.453. The molecule has 1 aromatic heterocycles. The van der Waals surface area contributed by atoms with Gasteiger partial charge in [0.15, 0.2) is 0 Å². The van der Waals surface area contributed by atoms with E-state index < -0.39 is 0 Å². The van der Waals surface area contributed by atoms with Crippen LogP contribution in [0.25, 0.3) is 0 Å². The zero-order valence-corrected chi connectivity index (χ0v) is 15.8. The van der Waals surface area contributed by atoms with Crippen molar-refractivity contribution in [2.75, 3.05) is 11.9 Å². The highest BCUT2D eigenvalue weighted by Gasteiger charge is 2.18. The minimum Gasteiger partial charge on any atom is -0.467 e. The second kappa shape index (κ2) is 8.60. The van der Waals surface area contributed by atoms with E-state index in [2.05, 4.69) is 10.6 Å². The maximum absolute atomic E-state index is 12.3. The minimum atomic E-state index is -0.266. The molecular formula is C19H15Cl3N2O2. The Balaban J connectivity index is 1.70. The molecule has 0 fully saturated rings. The van der Waals surface area contributed by atoms with Crippen LogP contribution in [-0.2, 0) is 4.79 Å². The van der Waals surface area contributed by atoms with Crippen molar-refractivity contribution in [2.24, 2.45) is 0 Å². The minimum absolute atomic E-state index is 0.0524. The van der Waals surface area contributed by atoms with Gasteiger partial charge in [0.05, 0.1) is 39.6 Å². The topological polar surface area (TPSA) is 54.3 Å². The lowest BCUT2D eigenvalue weighted by Gasteiger charge is -2.17. The summed E-state index contributed by atoms with van der Waals surface area (Å²) < 4.78 is 5.50. The molecule has 1 amide bonds. The van der Waals surface area contributed by atoms with Gasteiger partial charge in [-0.15, -0.1) is 0 Å². The lowest BCUT2D eigenvalue weighted by molar-refractivity contribution is -0.115. The van der Waals surface area contributed by atoms with Crippen molar-refractivity contribution in [1.29, 1.82) is 0 Å². The van der Waals surface area contributed by atoms with Gasteiger partial charge in [0, 0.05) is 0 Å². The molecule has 3 aromatic rings. The second-order valence-electron chi connectivity index (χ2n) is 5.53. The Labute approximate surface area is 166 Å². The number of benzene rings is 2. The molecule has 2 aromatic carbocycles. The van der Waals surface area contributed by atoms with Crippen molar-refractivity contribution in [3.05, 3.63) is 87.3 Å². The van der Waals surface area contributed by atoms with Crippen molar-refractivity contribution < 1.29 is 9.21 Å². The first-order chi connectivity index (χ1) is 12.5. The Kier molecular flexibility index (Phi) is 6.22. The van der Waals surface area contributed by atoms with Gasteiger partial charge in [-0.05, 0) is 29.8 Å². The van der Waals surface area contributed by atoms with Gasteiger partial charge in [-0.1, -0.05) is 65.1 Å². The number of amides is 1. The van der Waals surface area contributed by atoms with Gasteiger partial charge < -0.3 is 9.73 Å². The highest BCUT2D eigenvalue weighted by molar-refractivity contribution is 6.44. The molecule has 0 aliphatic heterocycles. The summed E-state index contributed by atoms with van der Waals surface area (Å²) in [5.41, 5.74) is 1.39. The SMILES string of the molecule is O=C(CN[C@@H](c1ccccc1)c1ccco1)Nc1cc(Cl)c(Cl)cc1Cl. The number of hydrogen-bond acceptors (Lipinski definition) is 3. The zero-order chi connectivity index (χ0) is 18.5. The number of nitrogens with one attached hydrogen (secondary N) is 2. The summed E-state index contributed by atoms with van der Waals surface area (Å²) in [6, 6.07) is 16.2. The van der Waals surface area contributed by atoms with Gasteiger partial charge in [0.2, 0.25) is 5.91 Å². The summed E-state index contributed by atoms with van der Waals surface area (Å²) in [6.45, 7) is 0.0524. The Hall–Kier alpha value is -1.98. The predicted molar refractivity (Wildman–Crippen MR) is 105 cm³/mol. The molecule has 1 heterocycles. The fourth-order valence-electron chi connectivity index (χ4n) is 2.49. The highest BCUT2D eigenvalue weighted by atomic mass is 35.5. The number of hydrogen-bond donors (Lipinski definition) is 2. The van der Waals surface area contributed by atoms with Crippen molar-refractivity contribution in [3.8, 4) is 0 Å². The summed E-state index contributed by atoms with van der Waals surface area (Å²) in [4.78, 5) is 12.3. The fourth-order valence-corrected chi connectivity index (χ4v) is 3.09. The molecule has 0 aliphatic carbocycles. The molecular weight excluding hydrogens is 395 g/mol. The van der Waals surface area contributed by atoms with Gasteiger partial charge in [-0.25, -0.2) is 0 Å². The Morgan fingerprint density at radius 1 is 0.962 bits per heavy atom. The van der Waals surface area contributed by atoms with Crippen LogP contribution < -0.4 is 10.6 Å². The molecule has 0 radical (unpaired) electrons. The molecule has 134 valence electrons. The molecule has 2 N–H and O–H groups in total. The third-order valence-electron chi connectivity index (χ3n) is 3.71. The van der Waals surface area contributed by atoms with Crippen molar-refractivity contribution >= 4 is 46.4 Å². The van der Waals surface area contributed by atoms with Gasteiger partial charge in [0.25, 0.3) is 0 Å². The number of halogens is 3. The summed E-state index contributed by atoms with van der Waals surface area (Å²) >= 11 is 18.0. The largest absolute Gasteiger partial charge is 0.467 e. The van der Waals surface area contributed by atoms with E-state index in [-0.39, 0.29) is 18.5 Å². The Morgan fingerprint density at radius 2 is 1.69 bits per heavy atom. The molecule has 0 unspecified atom stereocenters. The van der Waals surface area contributed by atoms with Crippen molar-refractivity contribution in [1.82, 2.24) is 5.32 Å².